The number of rotatable bonds is 5. The third kappa shape index (κ3) is 3.22. The van der Waals surface area contributed by atoms with Crippen molar-refractivity contribution in [3.8, 4) is 0 Å². The molecular weight excluding hydrogens is 222 g/mol. The topological polar surface area (TPSA) is 51.0 Å². The summed E-state index contributed by atoms with van der Waals surface area (Å²) in [6.45, 7) is 0.996. The van der Waals surface area contributed by atoms with Gasteiger partial charge in [0.25, 0.3) is 0 Å². The van der Waals surface area contributed by atoms with Crippen molar-refractivity contribution in [3.63, 3.8) is 0 Å². The molecule has 1 aliphatic rings. The fourth-order valence-electron chi connectivity index (χ4n) is 1.86. The Bertz CT molecular complexity index is 310. The molecule has 1 N–H and O–H groups in total. The van der Waals surface area contributed by atoms with E-state index in [0.29, 0.717) is 5.25 Å². The molecule has 90 valence electrons. The van der Waals surface area contributed by atoms with Crippen LogP contribution in [0.25, 0.3) is 0 Å². The van der Waals surface area contributed by atoms with Gasteiger partial charge in [0.2, 0.25) is 5.89 Å². The summed E-state index contributed by atoms with van der Waals surface area (Å²) in [6, 6.07) is 0. The second kappa shape index (κ2) is 6.25. The Labute approximate surface area is 101 Å². The maximum absolute atomic E-state index is 5.26. The van der Waals surface area contributed by atoms with Crippen molar-refractivity contribution in [1.29, 1.82) is 0 Å². The molecule has 1 unspecified atom stereocenters. The first kappa shape index (κ1) is 11.9. The molecule has 1 aromatic rings. The second-order valence-electron chi connectivity index (χ2n) is 4.11. The highest BCUT2D eigenvalue weighted by atomic mass is 32.2. The Balaban J connectivity index is 1.85. The molecule has 0 radical (unpaired) electrons. The van der Waals surface area contributed by atoms with Gasteiger partial charge in [-0.2, -0.15) is 16.7 Å². The van der Waals surface area contributed by atoms with Crippen LogP contribution in [0.4, 0.5) is 0 Å². The quantitative estimate of drug-likeness (QED) is 0.801. The average Bonchev–Trinajstić information content (AvgIpc) is 2.79. The number of aryl methyl sites for hydroxylation is 1. The number of nitrogens with zero attached hydrogens (tertiary/aromatic N) is 2. The number of aromatic nitrogens is 2. The van der Waals surface area contributed by atoms with E-state index in [4.69, 9.17) is 4.52 Å². The van der Waals surface area contributed by atoms with Gasteiger partial charge in [-0.1, -0.05) is 11.6 Å². The predicted octanol–water partition coefficient (Wildman–Crippen LogP) is 2.18. The van der Waals surface area contributed by atoms with Gasteiger partial charge in [0.1, 0.15) is 0 Å². The molecule has 4 nitrogen and oxygen atoms in total. The third-order valence-corrected chi connectivity index (χ3v) is 4.14. The van der Waals surface area contributed by atoms with Crippen molar-refractivity contribution in [1.82, 2.24) is 15.5 Å². The summed E-state index contributed by atoms with van der Waals surface area (Å²) in [5.74, 6) is 2.93. The van der Waals surface area contributed by atoms with Crippen LogP contribution in [-0.4, -0.2) is 29.5 Å². The smallest absolute Gasteiger partial charge is 0.226 e. The largest absolute Gasteiger partial charge is 0.339 e. The highest BCUT2D eigenvalue weighted by molar-refractivity contribution is 7.99. The zero-order chi connectivity index (χ0) is 11.2. The van der Waals surface area contributed by atoms with E-state index in [0.717, 1.165) is 31.1 Å². The minimum absolute atomic E-state index is 0.468. The Morgan fingerprint density at radius 2 is 2.44 bits per heavy atom. The zero-order valence-electron chi connectivity index (χ0n) is 9.74. The van der Waals surface area contributed by atoms with Gasteiger partial charge in [-0.25, -0.2) is 0 Å². The fraction of sp³-hybridized carbons (Fsp3) is 0.818. The molecule has 0 saturated carbocycles. The molecule has 2 heterocycles. The summed E-state index contributed by atoms with van der Waals surface area (Å²) in [7, 11) is 1.96. The maximum atomic E-state index is 5.26. The van der Waals surface area contributed by atoms with E-state index in [1.54, 1.807) is 0 Å². The Kier molecular flexibility index (Phi) is 4.66. The standard InChI is InChI=1S/C11H19N3OS/c1-12-7-4-6-10-13-11(14-15-10)9-5-2-3-8-16-9/h9,12H,2-8H2,1H3. The molecule has 0 aromatic carbocycles. The van der Waals surface area contributed by atoms with Gasteiger partial charge in [0.15, 0.2) is 5.82 Å². The lowest BCUT2D eigenvalue weighted by Crippen LogP contribution is -2.08. The number of nitrogens with one attached hydrogen (secondary N) is 1. The summed E-state index contributed by atoms with van der Waals surface area (Å²) < 4.78 is 5.26. The van der Waals surface area contributed by atoms with Crippen LogP contribution < -0.4 is 5.32 Å². The Hall–Kier alpha value is -0.550. The van der Waals surface area contributed by atoms with Crippen molar-refractivity contribution in [3.05, 3.63) is 11.7 Å². The fourth-order valence-corrected chi connectivity index (χ4v) is 3.09. The van der Waals surface area contributed by atoms with Crippen LogP contribution in [0.15, 0.2) is 4.52 Å². The van der Waals surface area contributed by atoms with Crippen LogP contribution >= 0.6 is 11.8 Å². The van der Waals surface area contributed by atoms with Gasteiger partial charge in [0.05, 0.1) is 5.25 Å². The van der Waals surface area contributed by atoms with Crippen molar-refractivity contribution >= 4 is 11.8 Å². The van der Waals surface area contributed by atoms with Crippen molar-refractivity contribution in [2.45, 2.75) is 37.4 Å². The Morgan fingerprint density at radius 1 is 1.50 bits per heavy atom. The zero-order valence-corrected chi connectivity index (χ0v) is 10.6. The van der Waals surface area contributed by atoms with Gasteiger partial charge >= 0.3 is 0 Å². The van der Waals surface area contributed by atoms with Crippen LogP contribution in [0.3, 0.4) is 0 Å². The van der Waals surface area contributed by atoms with Crippen LogP contribution in [0, 0.1) is 0 Å². The second-order valence-corrected chi connectivity index (χ2v) is 5.42. The first-order chi connectivity index (χ1) is 7.90. The summed E-state index contributed by atoms with van der Waals surface area (Å²) in [6.07, 6.45) is 5.75. The molecule has 2 rings (SSSR count). The van der Waals surface area contributed by atoms with Gasteiger partial charge in [-0.3, -0.25) is 0 Å². The van der Waals surface area contributed by atoms with Crippen LogP contribution in [0.5, 0.6) is 0 Å². The minimum Gasteiger partial charge on any atom is -0.339 e. The summed E-state index contributed by atoms with van der Waals surface area (Å²) in [5.41, 5.74) is 0. The number of hydrogen-bond acceptors (Lipinski definition) is 5. The van der Waals surface area contributed by atoms with E-state index in [1.165, 1.54) is 25.0 Å². The molecule has 0 spiro atoms. The normalized spacial score (nSPS) is 21.2. The molecule has 1 aliphatic heterocycles. The van der Waals surface area contributed by atoms with E-state index in [2.05, 4.69) is 15.5 Å². The molecule has 0 amide bonds. The highest BCUT2D eigenvalue weighted by Gasteiger charge is 2.21. The summed E-state index contributed by atoms with van der Waals surface area (Å²) in [5, 5.41) is 7.67. The van der Waals surface area contributed by atoms with E-state index in [1.807, 2.05) is 18.8 Å². The van der Waals surface area contributed by atoms with Gasteiger partial charge in [-0.05, 0) is 38.6 Å². The minimum atomic E-state index is 0.468. The molecule has 1 atom stereocenters. The van der Waals surface area contributed by atoms with Crippen LogP contribution in [-0.2, 0) is 6.42 Å². The first-order valence-electron chi connectivity index (χ1n) is 5.99. The molecule has 0 bridgehead atoms. The average molecular weight is 241 g/mol. The molecule has 1 saturated heterocycles. The van der Waals surface area contributed by atoms with Crippen molar-refractivity contribution in [2.24, 2.45) is 0 Å². The lowest BCUT2D eigenvalue weighted by atomic mass is 10.2. The first-order valence-corrected chi connectivity index (χ1v) is 7.03. The third-order valence-electron chi connectivity index (χ3n) is 2.77. The molecule has 5 heteroatoms. The summed E-state index contributed by atoms with van der Waals surface area (Å²) >= 11 is 1.96. The van der Waals surface area contributed by atoms with E-state index < -0.39 is 0 Å². The van der Waals surface area contributed by atoms with Gasteiger partial charge in [0, 0.05) is 6.42 Å². The van der Waals surface area contributed by atoms with Crippen molar-refractivity contribution < 1.29 is 4.52 Å². The lowest BCUT2D eigenvalue weighted by molar-refractivity contribution is 0.369. The van der Waals surface area contributed by atoms with E-state index >= 15 is 0 Å². The van der Waals surface area contributed by atoms with Gasteiger partial charge < -0.3 is 9.84 Å². The maximum Gasteiger partial charge on any atom is 0.226 e. The molecule has 0 aliphatic carbocycles. The highest BCUT2D eigenvalue weighted by Crippen LogP contribution is 2.36. The predicted molar refractivity (Wildman–Crippen MR) is 65.6 cm³/mol. The summed E-state index contributed by atoms with van der Waals surface area (Å²) in [4.78, 5) is 4.48. The molecule has 1 aromatic heterocycles. The van der Waals surface area contributed by atoms with E-state index in [-0.39, 0.29) is 0 Å². The van der Waals surface area contributed by atoms with Crippen LogP contribution in [0.1, 0.15) is 42.6 Å². The van der Waals surface area contributed by atoms with Gasteiger partial charge in [-0.15, -0.1) is 0 Å². The number of hydrogen-bond donors (Lipinski definition) is 1. The molecular formula is C11H19N3OS. The lowest BCUT2D eigenvalue weighted by Gasteiger charge is -2.17. The molecule has 1 fully saturated rings. The SMILES string of the molecule is CNCCCc1nc(C2CCCCS2)no1. The van der Waals surface area contributed by atoms with E-state index in [9.17, 15) is 0 Å². The van der Waals surface area contributed by atoms with Crippen molar-refractivity contribution in [2.75, 3.05) is 19.3 Å². The number of thioether (sulfide) groups is 1. The monoisotopic (exact) mass is 241 g/mol. The molecule has 16 heavy (non-hydrogen) atoms. The Morgan fingerprint density at radius 3 is 3.19 bits per heavy atom. The van der Waals surface area contributed by atoms with Crippen LogP contribution in [0.2, 0.25) is 0 Å².